The van der Waals surface area contributed by atoms with Gasteiger partial charge in [-0.25, -0.2) is 10.1 Å². The molecule has 1 unspecified atom stereocenters. The molecule has 0 saturated carbocycles. The number of carboxylic acids is 1. The van der Waals surface area contributed by atoms with Crippen LogP contribution in [0.1, 0.15) is 6.42 Å². The summed E-state index contributed by atoms with van der Waals surface area (Å²) >= 11 is 0. The van der Waals surface area contributed by atoms with Crippen molar-refractivity contribution in [3.8, 4) is 0 Å². The van der Waals surface area contributed by atoms with Gasteiger partial charge in [0.1, 0.15) is 0 Å². The average molecular weight is 129 g/mol. The van der Waals surface area contributed by atoms with Crippen molar-refractivity contribution >= 4 is 5.97 Å². The zero-order valence-corrected chi connectivity index (χ0v) is 5.00. The number of hydrogen-bond acceptors (Lipinski definition) is 2. The van der Waals surface area contributed by atoms with Crippen molar-refractivity contribution in [3.63, 3.8) is 0 Å². The van der Waals surface area contributed by atoms with Crippen LogP contribution in [0.5, 0.6) is 0 Å². The van der Waals surface area contributed by atoms with Crippen LogP contribution in [0.15, 0.2) is 0 Å². The Morgan fingerprint density at radius 2 is 2.56 bits per heavy atom. The Balaban J connectivity index is 2.31. The summed E-state index contributed by atoms with van der Waals surface area (Å²) in [4.78, 5) is 10.2. The molecule has 0 amide bonds. The highest BCUT2D eigenvalue weighted by atomic mass is 16.4. The van der Waals surface area contributed by atoms with E-state index in [1.165, 1.54) is 0 Å². The molecule has 1 rings (SSSR count). The Kier molecular flexibility index (Phi) is 2.02. The monoisotopic (exact) mass is 129 g/mol. The van der Waals surface area contributed by atoms with Gasteiger partial charge < -0.3 is 5.11 Å². The normalized spacial score (nSPS) is 21.8. The molecular weight excluding hydrogens is 120 g/mol. The predicted octanol–water partition coefficient (Wildman–Crippen LogP) is -1.01. The minimum absolute atomic E-state index is 0.654. The molecule has 1 aliphatic heterocycles. The molecule has 4 heteroatoms. The number of hydrogen-bond donors (Lipinski definition) is 2. The Hall–Kier alpha value is -0.610. The van der Waals surface area contributed by atoms with E-state index < -0.39 is 12.1 Å². The van der Waals surface area contributed by atoms with E-state index in [0.717, 1.165) is 13.0 Å². The standard InChI is InChI=1S/C5H9N2O2/c8-5(9)4-6-2-1-3-7-4/h4,6H,1-3H2,(H,8,9). The van der Waals surface area contributed by atoms with Crippen LogP contribution in [0.3, 0.4) is 0 Å². The molecule has 1 heterocycles. The molecule has 1 fully saturated rings. The molecular formula is C5H9N2O2. The second kappa shape index (κ2) is 2.80. The van der Waals surface area contributed by atoms with Crippen molar-refractivity contribution in [2.45, 2.75) is 12.6 Å². The minimum Gasteiger partial charge on any atom is -0.479 e. The first-order chi connectivity index (χ1) is 4.30. The van der Waals surface area contributed by atoms with Gasteiger partial charge in [0.05, 0.1) is 0 Å². The van der Waals surface area contributed by atoms with Crippen molar-refractivity contribution in [1.29, 1.82) is 0 Å². The predicted molar refractivity (Wildman–Crippen MR) is 31.0 cm³/mol. The van der Waals surface area contributed by atoms with Crippen molar-refractivity contribution in [1.82, 2.24) is 10.6 Å². The highest BCUT2D eigenvalue weighted by Crippen LogP contribution is 1.89. The molecule has 1 saturated heterocycles. The first-order valence-corrected chi connectivity index (χ1v) is 2.93. The zero-order chi connectivity index (χ0) is 6.69. The van der Waals surface area contributed by atoms with E-state index in [1.54, 1.807) is 0 Å². The summed E-state index contributed by atoms with van der Waals surface area (Å²) in [5.41, 5.74) is 0. The lowest BCUT2D eigenvalue weighted by Gasteiger charge is -2.18. The molecule has 1 atom stereocenters. The number of aliphatic carboxylic acids is 1. The highest BCUT2D eigenvalue weighted by molar-refractivity contribution is 5.72. The van der Waals surface area contributed by atoms with Gasteiger partial charge >= 0.3 is 5.97 Å². The highest BCUT2D eigenvalue weighted by Gasteiger charge is 2.19. The van der Waals surface area contributed by atoms with Crippen molar-refractivity contribution in [2.75, 3.05) is 13.1 Å². The van der Waals surface area contributed by atoms with Crippen molar-refractivity contribution in [2.24, 2.45) is 0 Å². The molecule has 0 spiro atoms. The van der Waals surface area contributed by atoms with Gasteiger partial charge in [0.2, 0.25) is 0 Å². The Morgan fingerprint density at radius 3 is 2.89 bits per heavy atom. The van der Waals surface area contributed by atoms with Crippen LogP contribution in [0.25, 0.3) is 0 Å². The van der Waals surface area contributed by atoms with Crippen LogP contribution in [0.2, 0.25) is 0 Å². The number of nitrogens with zero attached hydrogens (tertiary/aromatic N) is 1. The lowest BCUT2D eigenvalue weighted by molar-refractivity contribution is -0.140. The molecule has 1 aliphatic rings. The van der Waals surface area contributed by atoms with E-state index in [4.69, 9.17) is 5.11 Å². The van der Waals surface area contributed by atoms with Crippen LogP contribution in [0, 0.1) is 0 Å². The van der Waals surface area contributed by atoms with Crippen molar-refractivity contribution in [3.05, 3.63) is 0 Å². The van der Waals surface area contributed by atoms with Crippen LogP contribution < -0.4 is 10.6 Å². The third-order valence-corrected chi connectivity index (χ3v) is 1.22. The molecule has 1 radical (unpaired) electrons. The average Bonchev–Trinajstić information content (AvgIpc) is 1.90. The molecule has 0 aliphatic carbocycles. The molecule has 0 aromatic carbocycles. The van der Waals surface area contributed by atoms with E-state index in [0.29, 0.717) is 6.54 Å². The zero-order valence-electron chi connectivity index (χ0n) is 5.00. The second-order valence-corrected chi connectivity index (χ2v) is 1.95. The van der Waals surface area contributed by atoms with Gasteiger partial charge in [-0.15, -0.1) is 0 Å². The topological polar surface area (TPSA) is 63.4 Å². The fourth-order valence-electron chi connectivity index (χ4n) is 0.768. The van der Waals surface area contributed by atoms with E-state index in [9.17, 15) is 4.79 Å². The third kappa shape index (κ3) is 1.65. The van der Waals surface area contributed by atoms with E-state index >= 15 is 0 Å². The van der Waals surface area contributed by atoms with Crippen LogP contribution in [-0.4, -0.2) is 30.3 Å². The Labute approximate surface area is 53.2 Å². The van der Waals surface area contributed by atoms with Gasteiger partial charge in [0, 0.05) is 6.54 Å². The van der Waals surface area contributed by atoms with Gasteiger partial charge in [-0.05, 0) is 13.0 Å². The van der Waals surface area contributed by atoms with Crippen molar-refractivity contribution < 1.29 is 9.90 Å². The molecule has 0 aromatic heterocycles. The molecule has 9 heavy (non-hydrogen) atoms. The third-order valence-electron chi connectivity index (χ3n) is 1.22. The lowest BCUT2D eigenvalue weighted by atomic mass is 10.3. The Bertz CT molecular complexity index is 110. The maximum absolute atomic E-state index is 10.2. The van der Waals surface area contributed by atoms with E-state index in [-0.39, 0.29) is 0 Å². The van der Waals surface area contributed by atoms with Gasteiger partial charge in [-0.2, -0.15) is 0 Å². The number of carbonyl (C=O) groups is 1. The summed E-state index contributed by atoms with van der Waals surface area (Å²) in [5.74, 6) is -0.880. The lowest BCUT2D eigenvalue weighted by Crippen LogP contribution is -2.49. The van der Waals surface area contributed by atoms with Gasteiger partial charge in [0.15, 0.2) is 6.17 Å². The molecule has 0 aromatic rings. The summed E-state index contributed by atoms with van der Waals surface area (Å²) in [6.07, 6.45) is 0.294. The summed E-state index contributed by atoms with van der Waals surface area (Å²) in [7, 11) is 0. The fraction of sp³-hybridized carbons (Fsp3) is 0.800. The van der Waals surface area contributed by atoms with Gasteiger partial charge in [-0.3, -0.25) is 5.32 Å². The van der Waals surface area contributed by atoms with Gasteiger partial charge in [0.25, 0.3) is 0 Å². The van der Waals surface area contributed by atoms with Crippen LogP contribution in [0.4, 0.5) is 0 Å². The SMILES string of the molecule is O=C(O)C1[N]CCCN1. The smallest absolute Gasteiger partial charge is 0.337 e. The summed E-state index contributed by atoms with van der Waals surface area (Å²) < 4.78 is 0. The maximum Gasteiger partial charge on any atom is 0.337 e. The molecule has 2 N–H and O–H groups in total. The first-order valence-electron chi connectivity index (χ1n) is 2.93. The largest absolute Gasteiger partial charge is 0.479 e. The second-order valence-electron chi connectivity index (χ2n) is 1.95. The van der Waals surface area contributed by atoms with E-state index in [2.05, 4.69) is 10.6 Å². The molecule has 0 bridgehead atoms. The molecule has 4 nitrogen and oxygen atoms in total. The number of carboxylic acid groups (broad SMARTS) is 1. The van der Waals surface area contributed by atoms with Crippen LogP contribution >= 0.6 is 0 Å². The first kappa shape index (κ1) is 6.51. The fourth-order valence-corrected chi connectivity index (χ4v) is 0.768. The maximum atomic E-state index is 10.2. The quantitative estimate of drug-likeness (QED) is 0.477. The minimum atomic E-state index is -0.880. The van der Waals surface area contributed by atoms with Crippen LogP contribution in [-0.2, 0) is 4.79 Å². The van der Waals surface area contributed by atoms with E-state index in [1.807, 2.05) is 0 Å². The summed E-state index contributed by atoms with van der Waals surface area (Å²) in [6.45, 7) is 1.43. The van der Waals surface area contributed by atoms with Gasteiger partial charge in [-0.1, -0.05) is 0 Å². The summed E-state index contributed by atoms with van der Waals surface area (Å²) in [6, 6.07) is 0. The number of nitrogens with one attached hydrogen (secondary N) is 1. The summed E-state index contributed by atoms with van der Waals surface area (Å²) in [5, 5.41) is 15.0. The number of rotatable bonds is 1. The Morgan fingerprint density at radius 1 is 1.78 bits per heavy atom. The molecule has 51 valence electrons.